The molecule has 5 heteroatoms. The van der Waals surface area contributed by atoms with Crippen LogP contribution in [0.4, 0.5) is 5.82 Å². The lowest BCUT2D eigenvalue weighted by Gasteiger charge is -2.15. The number of rotatable bonds is 4. The number of aromatic nitrogens is 2. The molecule has 1 aromatic heterocycles. The molecule has 0 saturated carbocycles. The van der Waals surface area contributed by atoms with E-state index in [2.05, 4.69) is 45.1 Å². The lowest BCUT2D eigenvalue weighted by atomic mass is 10.1. The number of hydrogen-bond acceptors (Lipinski definition) is 3. The third-order valence-corrected chi connectivity index (χ3v) is 3.29. The van der Waals surface area contributed by atoms with Crippen molar-refractivity contribution in [3.63, 3.8) is 0 Å². The second kappa shape index (κ2) is 5.66. The SMILES string of the molecule is Cc1ncc(Br)c(NCC(Cl)C(C)C)n1. The van der Waals surface area contributed by atoms with Gasteiger partial charge in [-0.2, -0.15) is 0 Å². The van der Waals surface area contributed by atoms with Crippen LogP contribution in [0.1, 0.15) is 19.7 Å². The van der Waals surface area contributed by atoms with Crippen molar-refractivity contribution >= 4 is 33.3 Å². The average molecular weight is 293 g/mol. The Labute approximate surface area is 104 Å². The summed E-state index contributed by atoms with van der Waals surface area (Å²) >= 11 is 9.52. The fourth-order valence-corrected chi connectivity index (χ4v) is 1.42. The number of anilines is 1. The lowest BCUT2D eigenvalue weighted by Crippen LogP contribution is -2.20. The summed E-state index contributed by atoms with van der Waals surface area (Å²) < 4.78 is 0.862. The highest BCUT2D eigenvalue weighted by Gasteiger charge is 2.10. The summed E-state index contributed by atoms with van der Waals surface area (Å²) in [6.45, 7) is 6.76. The van der Waals surface area contributed by atoms with E-state index >= 15 is 0 Å². The number of hydrogen-bond donors (Lipinski definition) is 1. The number of alkyl halides is 1. The first kappa shape index (κ1) is 12.7. The Hall–Kier alpha value is -0.350. The van der Waals surface area contributed by atoms with Crippen molar-refractivity contribution in [2.45, 2.75) is 26.1 Å². The van der Waals surface area contributed by atoms with Gasteiger partial charge in [-0.25, -0.2) is 9.97 Å². The highest BCUT2D eigenvalue weighted by Crippen LogP contribution is 2.19. The van der Waals surface area contributed by atoms with Crippen molar-refractivity contribution < 1.29 is 0 Å². The molecule has 1 unspecified atom stereocenters. The summed E-state index contributed by atoms with van der Waals surface area (Å²) in [4.78, 5) is 8.35. The molecule has 0 fully saturated rings. The zero-order chi connectivity index (χ0) is 11.4. The van der Waals surface area contributed by atoms with Crippen LogP contribution in [0.15, 0.2) is 10.7 Å². The largest absolute Gasteiger partial charge is 0.368 e. The second-order valence-electron chi connectivity index (χ2n) is 3.75. The minimum atomic E-state index is 0.104. The predicted octanol–water partition coefficient (Wildman–Crippen LogP) is 3.22. The molecule has 1 atom stereocenters. The van der Waals surface area contributed by atoms with Crippen LogP contribution in [-0.2, 0) is 0 Å². The van der Waals surface area contributed by atoms with Crippen LogP contribution in [0, 0.1) is 12.8 Å². The molecule has 15 heavy (non-hydrogen) atoms. The smallest absolute Gasteiger partial charge is 0.144 e. The normalized spacial score (nSPS) is 12.9. The average Bonchev–Trinajstić information content (AvgIpc) is 2.18. The molecule has 0 amide bonds. The van der Waals surface area contributed by atoms with Gasteiger partial charge in [0.15, 0.2) is 0 Å². The third-order valence-electron chi connectivity index (χ3n) is 2.05. The molecule has 3 nitrogen and oxygen atoms in total. The van der Waals surface area contributed by atoms with Crippen molar-refractivity contribution in [2.24, 2.45) is 5.92 Å². The van der Waals surface area contributed by atoms with Gasteiger partial charge in [-0.3, -0.25) is 0 Å². The van der Waals surface area contributed by atoms with Gasteiger partial charge < -0.3 is 5.32 Å². The monoisotopic (exact) mass is 291 g/mol. The van der Waals surface area contributed by atoms with Crippen LogP contribution in [-0.4, -0.2) is 21.9 Å². The van der Waals surface area contributed by atoms with Crippen molar-refractivity contribution in [2.75, 3.05) is 11.9 Å². The molecule has 0 radical (unpaired) electrons. The van der Waals surface area contributed by atoms with E-state index in [0.29, 0.717) is 12.5 Å². The quantitative estimate of drug-likeness (QED) is 0.866. The van der Waals surface area contributed by atoms with Crippen molar-refractivity contribution in [3.05, 3.63) is 16.5 Å². The Bertz CT molecular complexity index is 330. The predicted molar refractivity (Wildman–Crippen MR) is 67.4 cm³/mol. The molecule has 0 aliphatic rings. The molecule has 0 aliphatic carbocycles. The van der Waals surface area contributed by atoms with Crippen molar-refractivity contribution in [1.82, 2.24) is 9.97 Å². The Balaban J connectivity index is 2.61. The molecule has 1 aromatic rings. The maximum absolute atomic E-state index is 6.14. The fraction of sp³-hybridized carbons (Fsp3) is 0.600. The molecule has 0 aliphatic heterocycles. The van der Waals surface area contributed by atoms with E-state index in [1.165, 1.54) is 0 Å². The summed E-state index contributed by atoms with van der Waals surface area (Å²) in [6.07, 6.45) is 1.74. The second-order valence-corrected chi connectivity index (χ2v) is 5.17. The van der Waals surface area contributed by atoms with Gasteiger partial charge >= 0.3 is 0 Å². The molecule has 0 spiro atoms. The molecule has 0 saturated heterocycles. The summed E-state index contributed by atoms with van der Waals surface area (Å²) in [7, 11) is 0. The van der Waals surface area contributed by atoms with E-state index < -0.39 is 0 Å². The Morgan fingerprint density at radius 3 is 2.80 bits per heavy atom. The van der Waals surface area contributed by atoms with E-state index in [4.69, 9.17) is 11.6 Å². The van der Waals surface area contributed by atoms with E-state index in [0.717, 1.165) is 16.1 Å². The van der Waals surface area contributed by atoms with Crippen LogP contribution < -0.4 is 5.32 Å². The maximum atomic E-state index is 6.14. The standard InChI is InChI=1S/C10H15BrClN3/c1-6(2)9(12)5-14-10-8(11)4-13-7(3)15-10/h4,6,9H,5H2,1-3H3,(H,13,14,15). The molecular weight excluding hydrogens is 277 g/mol. The van der Waals surface area contributed by atoms with Crippen LogP contribution in [0.5, 0.6) is 0 Å². The van der Waals surface area contributed by atoms with Gasteiger partial charge in [0, 0.05) is 12.7 Å². The van der Waals surface area contributed by atoms with Gasteiger partial charge in [0.05, 0.1) is 9.85 Å². The van der Waals surface area contributed by atoms with Crippen LogP contribution in [0.25, 0.3) is 0 Å². The van der Waals surface area contributed by atoms with Gasteiger partial charge in [0.2, 0.25) is 0 Å². The summed E-state index contributed by atoms with van der Waals surface area (Å²) in [6, 6.07) is 0. The summed E-state index contributed by atoms with van der Waals surface area (Å²) in [5.74, 6) is 1.99. The first-order valence-electron chi connectivity index (χ1n) is 4.87. The van der Waals surface area contributed by atoms with E-state index in [9.17, 15) is 0 Å². The Morgan fingerprint density at radius 1 is 1.53 bits per heavy atom. The minimum absolute atomic E-state index is 0.104. The maximum Gasteiger partial charge on any atom is 0.144 e. The molecule has 1 N–H and O–H groups in total. The lowest BCUT2D eigenvalue weighted by molar-refractivity contribution is 0.615. The Kier molecular flexibility index (Phi) is 4.80. The molecule has 1 heterocycles. The fourth-order valence-electron chi connectivity index (χ4n) is 1.01. The zero-order valence-corrected chi connectivity index (χ0v) is 11.4. The van der Waals surface area contributed by atoms with Crippen LogP contribution in [0.3, 0.4) is 0 Å². The summed E-state index contributed by atoms with van der Waals surface area (Å²) in [5.41, 5.74) is 0. The van der Waals surface area contributed by atoms with E-state index in [-0.39, 0.29) is 5.38 Å². The number of nitrogens with one attached hydrogen (secondary N) is 1. The zero-order valence-electron chi connectivity index (χ0n) is 9.09. The topological polar surface area (TPSA) is 37.8 Å². The van der Waals surface area contributed by atoms with Gasteiger partial charge in [-0.15, -0.1) is 11.6 Å². The third kappa shape index (κ3) is 3.95. The van der Waals surface area contributed by atoms with Crippen molar-refractivity contribution in [1.29, 1.82) is 0 Å². The van der Waals surface area contributed by atoms with Crippen molar-refractivity contribution in [3.8, 4) is 0 Å². The molecular formula is C10H15BrClN3. The van der Waals surface area contributed by atoms with Gasteiger partial charge in [-0.05, 0) is 28.8 Å². The highest BCUT2D eigenvalue weighted by atomic mass is 79.9. The molecule has 1 rings (SSSR count). The minimum Gasteiger partial charge on any atom is -0.368 e. The van der Waals surface area contributed by atoms with Crippen LogP contribution >= 0.6 is 27.5 Å². The van der Waals surface area contributed by atoms with E-state index in [1.807, 2.05) is 6.92 Å². The Morgan fingerprint density at radius 2 is 2.20 bits per heavy atom. The van der Waals surface area contributed by atoms with Gasteiger partial charge in [0.25, 0.3) is 0 Å². The van der Waals surface area contributed by atoms with Gasteiger partial charge in [-0.1, -0.05) is 13.8 Å². The molecule has 84 valence electrons. The summed E-state index contributed by atoms with van der Waals surface area (Å²) in [5, 5.41) is 3.31. The molecule has 0 bridgehead atoms. The highest BCUT2D eigenvalue weighted by molar-refractivity contribution is 9.10. The first-order valence-corrected chi connectivity index (χ1v) is 6.10. The van der Waals surface area contributed by atoms with Gasteiger partial charge in [0.1, 0.15) is 11.6 Å². The number of nitrogens with zero attached hydrogens (tertiary/aromatic N) is 2. The number of halogens is 2. The van der Waals surface area contributed by atoms with E-state index in [1.54, 1.807) is 6.20 Å². The molecule has 0 aromatic carbocycles. The number of aryl methyl sites for hydroxylation is 1. The first-order chi connectivity index (χ1) is 7.00. The van der Waals surface area contributed by atoms with Crippen LogP contribution in [0.2, 0.25) is 0 Å².